The second-order valence-electron chi connectivity index (χ2n) is 9.46. The van der Waals surface area contributed by atoms with Gasteiger partial charge in [-0.3, -0.25) is 4.57 Å². The number of halogens is 3. The average Bonchev–Trinajstić information content (AvgIpc) is 3.00. The van der Waals surface area contributed by atoms with Gasteiger partial charge in [0, 0.05) is 27.8 Å². The van der Waals surface area contributed by atoms with Crippen LogP contribution in [0, 0.1) is 11.3 Å². The van der Waals surface area contributed by atoms with Gasteiger partial charge in [-0.2, -0.15) is 26.9 Å². The highest BCUT2D eigenvalue weighted by molar-refractivity contribution is 7.88. The van der Waals surface area contributed by atoms with E-state index in [1.165, 1.54) is 6.07 Å². The van der Waals surface area contributed by atoms with Gasteiger partial charge >= 0.3 is 15.6 Å². The second-order valence-corrected chi connectivity index (χ2v) is 16.6. The first-order valence-electron chi connectivity index (χ1n) is 10.0. The molecule has 0 radical (unpaired) electrons. The number of aliphatic hydroxyl groups is 1. The van der Waals surface area contributed by atoms with Crippen LogP contribution in [-0.2, 0) is 21.6 Å². The van der Waals surface area contributed by atoms with Crippen LogP contribution < -0.4 is 9.08 Å². The van der Waals surface area contributed by atoms with Gasteiger partial charge in [-0.25, -0.2) is 4.98 Å². The van der Waals surface area contributed by atoms with Crippen molar-refractivity contribution < 1.29 is 35.6 Å². The number of ether oxygens (including phenoxy) is 1. The predicted molar refractivity (Wildman–Crippen MR) is 117 cm³/mol. The first-order chi connectivity index (χ1) is 15.0. The van der Waals surface area contributed by atoms with E-state index in [9.17, 15) is 32.0 Å². The Hall–Kier alpha value is -2.34. The summed E-state index contributed by atoms with van der Waals surface area (Å²) in [6.07, 6.45) is 0.957. The lowest BCUT2D eigenvalue weighted by Crippen LogP contribution is -2.60. The van der Waals surface area contributed by atoms with Gasteiger partial charge in [-0.05, 0) is 19.0 Å². The number of anilines is 1. The summed E-state index contributed by atoms with van der Waals surface area (Å²) in [5.74, 6) is -0.310. The molecule has 2 aromatic rings. The van der Waals surface area contributed by atoms with Crippen molar-refractivity contribution in [3.63, 3.8) is 0 Å². The summed E-state index contributed by atoms with van der Waals surface area (Å²) in [6.45, 7) is 9.11. The van der Waals surface area contributed by atoms with E-state index in [0.717, 1.165) is 12.2 Å². The third-order valence-electron chi connectivity index (χ3n) is 5.05. The number of β-amino-alcohol motifs (C(OH)–C–C–N with tert-alkyl or cyclic N) is 1. The number of fused-ring (bicyclic) bond motifs is 1. The third-order valence-corrected chi connectivity index (χ3v) is 7.71. The standard InChI is InChI=1S/C19H25F3N4O5SSi/c1-18(27)10-25(11-18)15-7-14-16(31-32(28,29)19(20,21)22)13(8-23)9-24-17(14)26(15)12-30-5-6-33(2,3)4/h7,9,27H,5-6,10-12H2,1-4H3. The Morgan fingerprint density at radius 1 is 1.33 bits per heavy atom. The molecule has 0 amide bonds. The number of nitrogens with zero attached hydrogens (tertiary/aromatic N) is 4. The van der Waals surface area contributed by atoms with Crippen LogP contribution in [0.2, 0.25) is 25.7 Å². The van der Waals surface area contributed by atoms with Gasteiger partial charge < -0.3 is 18.9 Å². The molecule has 1 N–H and O–H groups in total. The summed E-state index contributed by atoms with van der Waals surface area (Å²) < 4.78 is 73.9. The maximum Gasteiger partial charge on any atom is 0.534 e. The van der Waals surface area contributed by atoms with Gasteiger partial charge in [0.1, 0.15) is 29.8 Å². The average molecular weight is 507 g/mol. The molecule has 0 atom stereocenters. The Balaban J connectivity index is 2.07. The smallest absolute Gasteiger partial charge is 0.386 e. The van der Waals surface area contributed by atoms with Crippen LogP contribution in [0.1, 0.15) is 12.5 Å². The number of hydrogen-bond acceptors (Lipinski definition) is 8. The summed E-state index contributed by atoms with van der Waals surface area (Å²) in [6, 6.07) is 3.89. The summed E-state index contributed by atoms with van der Waals surface area (Å²) in [5, 5.41) is 19.4. The van der Waals surface area contributed by atoms with Gasteiger partial charge in [-0.15, -0.1) is 0 Å². The molecule has 0 unspecified atom stereocenters. The zero-order valence-electron chi connectivity index (χ0n) is 18.6. The summed E-state index contributed by atoms with van der Waals surface area (Å²) >= 11 is 0. The molecule has 14 heteroatoms. The van der Waals surface area contributed by atoms with Gasteiger partial charge in [0.25, 0.3) is 0 Å². The molecule has 33 heavy (non-hydrogen) atoms. The second kappa shape index (κ2) is 8.46. The minimum Gasteiger partial charge on any atom is -0.386 e. The van der Waals surface area contributed by atoms with Crippen LogP contribution in [0.3, 0.4) is 0 Å². The fourth-order valence-corrected chi connectivity index (χ4v) is 4.60. The van der Waals surface area contributed by atoms with E-state index in [0.29, 0.717) is 12.4 Å². The van der Waals surface area contributed by atoms with E-state index in [2.05, 4.69) is 28.8 Å². The lowest BCUT2D eigenvalue weighted by atomic mass is 9.97. The van der Waals surface area contributed by atoms with Crippen LogP contribution in [0.5, 0.6) is 5.75 Å². The number of alkyl halides is 3. The molecule has 1 fully saturated rings. The highest BCUT2D eigenvalue weighted by atomic mass is 32.2. The zero-order valence-corrected chi connectivity index (χ0v) is 20.4. The predicted octanol–water partition coefficient (Wildman–Crippen LogP) is 3.02. The molecule has 182 valence electrons. The lowest BCUT2D eigenvalue weighted by Gasteiger charge is -2.45. The Bertz CT molecular complexity index is 1190. The molecule has 2 aromatic heterocycles. The van der Waals surface area contributed by atoms with E-state index in [1.54, 1.807) is 22.5 Å². The molecule has 0 aromatic carbocycles. The maximum atomic E-state index is 12.9. The molecule has 0 spiro atoms. The maximum absolute atomic E-state index is 12.9. The molecule has 0 bridgehead atoms. The first-order valence-corrected chi connectivity index (χ1v) is 15.1. The van der Waals surface area contributed by atoms with Crippen LogP contribution in [-0.4, -0.2) is 62.0 Å². The van der Waals surface area contributed by atoms with Crippen molar-refractivity contribution in [2.45, 2.75) is 50.4 Å². The van der Waals surface area contributed by atoms with E-state index in [1.807, 2.05) is 0 Å². The fourth-order valence-electron chi connectivity index (χ4n) is 3.35. The highest BCUT2D eigenvalue weighted by Gasteiger charge is 2.49. The van der Waals surface area contributed by atoms with E-state index in [4.69, 9.17) is 4.74 Å². The molecule has 3 heterocycles. The fraction of sp³-hybridized carbons (Fsp3) is 0.579. The number of hydrogen-bond donors (Lipinski definition) is 1. The minimum absolute atomic E-state index is 0.00762. The van der Waals surface area contributed by atoms with Gasteiger partial charge in [-0.1, -0.05) is 19.6 Å². The van der Waals surface area contributed by atoms with Crippen LogP contribution >= 0.6 is 0 Å². The normalized spacial score (nSPS) is 16.5. The van der Waals surface area contributed by atoms with E-state index < -0.39 is 40.6 Å². The van der Waals surface area contributed by atoms with Crippen molar-refractivity contribution in [1.29, 1.82) is 5.26 Å². The van der Waals surface area contributed by atoms with Crippen LogP contribution in [0.4, 0.5) is 19.0 Å². The molecular formula is C19H25F3N4O5SSi. The van der Waals surface area contributed by atoms with Gasteiger partial charge in [0.05, 0.1) is 17.2 Å². The van der Waals surface area contributed by atoms with Crippen molar-refractivity contribution in [2.75, 3.05) is 24.6 Å². The third kappa shape index (κ3) is 5.43. The molecule has 9 nitrogen and oxygen atoms in total. The number of nitriles is 1. The van der Waals surface area contributed by atoms with Crippen molar-refractivity contribution in [3.05, 3.63) is 17.8 Å². The van der Waals surface area contributed by atoms with Gasteiger partial charge in [0.2, 0.25) is 0 Å². The minimum atomic E-state index is -6.01. The molecular weight excluding hydrogens is 481 g/mol. The Morgan fingerprint density at radius 3 is 2.48 bits per heavy atom. The molecule has 1 saturated heterocycles. The summed E-state index contributed by atoms with van der Waals surface area (Å²) in [7, 11) is -7.39. The molecule has 3 rings (SSSR count). The summed E-state index contributed by atoms with van der Waals surface area (Å²) in [4.78, 5) is 5.90. The number of rotatable bonds is 8. The molecule has 1 aliphatic heterocycles. The first kappa shape index (κ1) is 25.3. The van der Waals surface area contributed by atoms with Crippen molar-refractivity contribution in [3.8, 4) is 11.8 Å². The monoisotopic (exact) mass is 506 g/mol. The van der Waals surface area contributed by atoms with Gasteiger partial charge in [0.15, 0.2) is 5.75 Å². The molecule has 1 aliphatic rings. The SMILES string of the molecule is CC1(O)CN(c2cc3c(OS(=O)(=O)C(F)(F)F)c(C#N)cnc3n2COCC[Si](C)(C)C)C1. The van der Waals surface area contributed by atoms with Crippen LogP contribution in [0.15, 0.2) is 12.3 Å². The number of pyridine rings is 1. The quantitative estimate of drug-likeness (QED) is 0.251. The Labute approximate surface area is 190 Å². The highest BCUT2D eigenvalue weighted by Crippen LogP contribution is 2.39. The molecule has 0 aliphatic carbocycles. The zero-order chi connectivity index (χ0) is 24.8. The lowest BCUT2D eigenvalue weighted by molar-refractivity contribution is -0.0499. The van der Waals surface area contributed by atoms with E-state index in [-0.39, 0.29) is 30.9 Å². The Kier molecular flexibility index (Phi) is 6.48. The number of aromatic nitrogens is 2. The topological polar surface area (TPSA) is 118 Å². The molecule has 0 saturated carbocycles. The van der Waals surface area contributed by atoms with Crippen LogP contribution in [0.25, 0.3) is 11.0 Å². The van der Waals surface area contributed by atoms with Crippen molar-refractivity contribution >= 4 is 35.0 Å². The Morgan fingerprint density at radius 2 is 1.97 bits per heavy atom. The largest absolute Gasteiger partial charge is 0.534 e. The summed E-state index contributed by atoms with van der Waals surface area (Å²) in [5.41, 5.74) is -6.99. The van der Waals surface area contributed by atoms with Crippen molar-refractivity contribution in [1.82, 2.24) is 9.55 Å². The van der Waals surface area contributed by atoms with Crippen molar-refractivity contribution in [2.24, 2.45) is 0 Å². The van der Waals surface area contributed by atoms with E-state index >= 15 is 0 Å².